The molecule has 0 bridgehead atoms. The molecule has 2 rings (SSSR count). The lowest BCUT2D eigenvalue weighted by Gasteiger charge is -2.19. The monoisotopic (exact) mass is 267 g/mol. The fraction of sp³-hybridized carbons (Fsp3) is 0.308. The third-order valence-corrected chi connectivity index (χ3v) is 3.07. The van der Waals surface area contributed by atoms with Crippen molar-refractivity contribution in [3.05, 3.63) is 34.7 Å². The molecule has 1 aromatic carbocycles. The van der Waals surface area contributed by atoms with Crippen LogP contribution in [0.1, 0.15) is 26.5 Å². The van der Waals surface area contributed by atoms with Crippen molar-refractivity contribution in [2.45, 2.75) is 26.2 Å². The Kier molecular flexibility index (Phi) is 3.07. The zero-order valence-electron chi connectivity index (χ0n) is 10.5. The number of nitrogens with two attached hydrogens (primary N) is 1. The Morgan fingerprint density at radius 1 is 1.28 bits per heavy atom. The van der Waals surface area contributed by atoms with Crippen LogP contribution in [0.2, 0.25) is 5.02 Å². The number of aromatic amines is 1. The summed E-state index contributed by atoms with van der Waals surface area (Å²) in [6, 6.07) is 4.56. The molecule has 0 aliphatic rings. The lowest BCUT2D eigenvalue weighted by Crippen LogP contribution is -2.13. The molecule has 0 aliphatic heterocycles. The summed E-state index contributed by atoms with van der Waals surface area (Å²) in [6.07, 6.45) is 0. The average Bonchev–Trinajstić information content (AvgIpc) is 2.60. The van der Waals surface area contributed by atoms with Crippen LogP contribution in [0.15, 0.2) is 18.2 Å². The number of nitrogens with zero attached hydrogens (tertiary/aromatic N) is 1. The van der Waals surface area contributed by atoms with E-state index in [0.29, 0.717) is 16.1 Å². The molecular weight excluding hydrogens is 253 g/mol. The van der Waals surface area contributed by atoms with Crippen molar-refractivity contribution in [1.29, 1.82) is 0 Å². The molecule has 1 aromatic heterocycles. The molecule has 3 nitrogen and oxygen atoms in total. The molecule has 0 unspecified atom stereocenters. The quantitative estimate of drug-likeness (QED) is 0.827. The maximum Gasteiger partial charge on any atom is 0.153 e. The van der Waals surface area contributed by atoms with E-state index in [4.69, 9.17) is 17.3 Å². The van der Waals surface area contributed by atoms with Gasteiger partial charge >= 0.3 is 0 Å². The fourth-order valence-corrected chi connectivity index (χ4v) is 2.15. The number of hydrogen-bond donors (Lipinski definition) is 2. The van der Waals surface area contributed by atoms with Gasteiger partial charge in [-0.25, -0.2) is 4.39 Å². The average molecular weight is 268 g/mol. The van der Waals surface area contributed by atoms with E-state index in [1.807, 2.05) is 20.8 Å². The van der Waals surface area contributed by atoms with Crippen LogP contribution >= 0.6 is 11.6 Å². The third kappa shape index (κ3) is 2.08. The molecule has 1 heterocycles. The van der Waals surface area contributed by atoms with Crippen molar-refractivity contribution >= 4 is 17.4 Å². The van der Waals surface area contributed by atoms with Gasteiger partial charge in [-0.1, -0.05) is 38.4 Å². The molecule has 18 heavy (non-hydrogen) atoms. The van der Waals surface area contributed by atoms with Gasteiger partial charge in [-0.05, 0) is 12.1 Å². The number of rotatable bonds is 1. The van der Waals surface area contributed by atoms with Gasteiger partial charge in [-0.2, -0.15) is 5.10 Å². The highest BCUT2D eigenvalue weighted by Crippen LogP contribution is 2.39. The largest absolute Gasteiger partial charge is 0.382 e. The van der Waals surface area contributed by atoms with E-state index in [0.717, 1.165) is 5.69 Å². The summed E-state index contributed by atoms with van der Waals surface area (Å²) >= 11 is 6.08. The van der Waals surface area contributed by atoms with Gasteiger partial charge in [0.1, 0.15) is 5.82 Å². The normalized spacial score (nSPS) is 11.8. The third-order valence-electron chi connectivity index (χ3n) is 2.76. The predicted octanol–water partition coefficient (Wildman–Crippen LogP) is 3.75. The van der Waals surface area contributed by atoms with E-state index in [9.17, 15) is 4.39 Å². The van der Waals surface area contributed by atoms with Gasteiger partial charge in [0.05, 0.1) is 16.3 Å². The van der Waals surface area contributed by atoms with Crippen LogP contribution in [-0.2, 0) is 5.41 Å². The first-order valence-corrected chi connectivity index (χ1v) is 5.99. The van der Waals surface area contributed by atoms with Gasteiger partial charge in [0.15, 0.2) is 5.82 Å². The second-order valence-corrected chi connectivity index (χ2v) is 5.61. The first-order chi connectivity index (χ1) is 8.32. The van der Waals surface area contributed by atoms with Gasteiger partial charge < -0.3 is 5.73 Å². The van der Waals surface area contributed by atoms with Crippen molar-refractivity contribution in [3.63, 3.8) is 0 Å². The molecular formula is C13H15ClFN3. The van der Waals surface area contributed by atoms with E-state index >= 15 is 0 Å². The van der Waals surface area contributed by atoms with E-state index in [-0.39, 0.29) is 11.2 Å². The van der Waals surface area contributed by atoms with E-state index < -0.39 is 5.82 Å². The van der Waals surface area contributed by atoms with Gasteiger partial charge in [-0.3, -0.25) is 5.10 Å². The highest BCUT2D eigenvalue weighted by molar-refractivity contribution is 6.33. The highest BCUT2D eigenvalue weighted by atomic mass is 35.5. The molecule has 0 fully saturated rings. The molecule has 0 amide bonds. The fourth-order valence-electron chi connectivity index (χ4n) is 1.89. The van der Waals surface area contributed by atoms with Crippen LogP contribution in [0.3, 0.4) is 0 Å². The Morgan fingerprint density at radius 3 is 2.50 bits per heavy atom. The summed E-state index contributed by atoms with van der Waals surface area (Å²) in [6.45, 7) is 5.99. The maximum atomic E-state index is 14.0. The van der Waals surface area contributed by atoms with Gasteiger partial charge in [0, 0.05) is 11.0 Å². The Balaban J connectivity index is 2.76. The summed E-state index contributed by atoms with van der Waals surface area (Å²) in [5.74, 6) is -0.145. The first kappa shape index (κ1) is 12.9. The Hall–Kier alpha value is -1.55. The van der Waals surface area contributed by atoms with Crippen molar-refractivity contribution in [3.8, 4) is 11.1 Å². The first-order valence-electron chi connectivity index (χ1n) is 5.61. The minimum Gasteiger partial charge on any atom is -0.382 e. The van der Waals surface area contributed by atoms with E-state index in [1.165, 1.54) is 6.07 Å². The Bertz CT molecular complexity index is 564. The van der Waals surface area contributed by atoms with Gasteiger partial charge in [0.25, 0.3) is 0 Å². The number of H-pyrrole nitrogens is 1. The van der Waals surface area contributed by atoms with Crippen molar-refractivity contribution < 1.29 is 4.39 Å². The summed E-state index contributed by atoms with van der Waals surface area (Å²) in [4.78, 5) is 0. The molecule has 0 spiro atoms. The molecule has 0 saturated carbocycles. The molecule has 3 N–H and O–H groups in total. The molecule has 2 aromatic rings. The molecule has 96 valence electrons. The molecule has 0 radical (unpaired) electrons. The minimum atomic E-state index is -0.402. The summed E-state index contributed by atoms with van der Waals surface area (Å²) in [5.41, 5.74) is 7.23. The van der Waals surface area contributed by atoms with Crippen LogP contribution in [0.4, 0.5) is 10.2 Å². The number of benzene rings is 1. The standard InChI is InChI=1S/C13H15ClFN3/c1-13(2,3)11-10(12(16)18-17-11)9-7(14)5-4-6-8(9)15/h4-6H,1-3H3,(H3,16,17,18). The second-order valence-electron chi connectivity index (χ2n) is 5.21. The lowest BCUT2D eigenvalue weighted by molar-refractivity contribution is 0.567. The lowest BCUT2D eigenvalue weighted by atomic mass is 9.87. The van der Waals surface area contributed by atoms with Gasteiger partial charge in [-0.15, -0.1) is 0 Å². The van der Waals surface area contributed by atoms with Crippen LogP contribution in [0.25, 0.3) is 11.1 Å². The summed E-state index contributed by atoms with van der Waals surface area (Å²) < 4.78 is 14.0. The van der Waals surface area contributed by atoms with Crippen LogP contribution < -0.4 is 5.73 Å². The Morgan fingerprint density at radius 2 is 1.94 bits per heavy atom. The zero-order valence-corrected chi connectivity index (χ0v) is 11.3. The number of nitrogens with one attached hydrogen (secondary N) is 1. The van der Waals surface area contributed by atoms with E-state index in [1.54, 1.807) is 12.1 Å². The zero-order chi connectivity index (χ0) is 13.5. The van der Waals surface area contributed by atoms with Crippen molar-refractivity contribution in [1.82, 2.24) is 10.2 Å². The predicted molar refractivity (Wildman–Crippen MR) is 72.1 cm³/mol. The van der Waals surface area contributed by atoms with Crippen LogP contribution in [0, 0.1) is 5.82 Å². The number of aromatic nitrogens is 2. The molecule has 0 atom stereocenters. The van der Waals surface area contributed by atoms with Crippen molar-refractivity contribution in [2.75, 3.05) is 5.73 Å². The number of halogens is 2. The highest BCUT2D eigenvalue weighted by Gasteiger charge is 2.26. The number of hydrogen-bond acceptors (Lipinski definition) is 2. The molecule has 5 heteroatoms. The van der Waals surface area contributed by atoms with Crippen LogP contribution in [0.5, 0.6) is 0 Å². The minimum absolute atomic E-state index is 0.231. The number of anilines is 1. The maximum absolute atomic E-state index is 14.0. The van der Waals surface area contributed by atoms with E-state index in [2.05, 4.69) is 10.2 Å². The second kappa shape index (κ2) is 4.28. The summed E-state index contributed by atoms with van der Waals surface area (Å²) in [7, 11) is 0. The SMILES string of the molecule is CC(C)(C)c1[nH]nc(N)c1-c1c(F)cccc1Cl. The van der Waals surface area contributed by atoms with Crippen LogP contribution in [-0.4, -0.2) is 10.2 Å². The molecule has 0 saturated heterocycles. The molecule has 0 aliphatic carbocycles. The number of nitrogen functional groups attached to an aromatic ring is 1. The smallest absolute Gasteiger partial charge is 0.153 e. The topological polar surface area (TPSA) is 54.7 Å². The summed E-state index contributed by atoms with van der Waals surface area (Å²) in [5, 5.41) is 7.16. The van der Waals surface area contributed by atoms with Crippen molar-refractivity contribution in [2.24, 2.45) is 0 Å². The van der Waals surface area contributed by atoms with Gasteiger partial charge in [0.2, 0.25) is 0 Å². The Labute approximate surface area is 110 Å².